The molecule has 224 valence electrons. The van der Waals surface area contributed by atoms with Crippen LogP contribution in [0.1, 0.15) is 0 Å². The number of pyridine rings is 2. The Morgan fingerprint density at radius 1 is 1.00 bits per heavy atom. The number of amides is 2. The van der Waals surface area contributed by atoms with Crippen molar-refractivity contribution >= 4 is 67.7 Å². The van der Waals surface area contributed by atoms with Gasteiger partial charge in [0.2, 0.25) is 17.7 Å². The fraction of sp³-hybridized carbons (Fsp3) is 0.120. The van der Waals surface area contributed by atoms with Gasteiger partial charge in [0, 0.05) is 17.8 Å². The number of hydrogen-bond donors (Lipinski definition) is 3. The van der Waals surface area contributed by atoms with Crippen molar-refractivity contribution in [3.8, 4) is 17.5 Å². The first-order chi connectivity index (χ1) is 20.5. The molecule has 0 fully saturated rings. The molecule has 0 radical (unpaired) electrons. The highest BCUT2D eigenvalue weighted by Gasteiger charge is 2.27. The number of halogens is 2. The quantitative estimate of drug-likeness (QED) is 0.221. The van der Waals surface area contributed by atoms with Crippen LogP contribution in [0.15, 0.2) is 66.0 Å². The first-order valence-electron chi connectivity index (χ1n) is 11.8. The van der Waals surface area contributed by atoms with Crippen LogP contribution in [-0.2, 0) is 14.8 Å². The molecule has 0 aliphatic heterocycles. The minimum atomic E-state index is -4.34. The van der Waals surface area contributed by atoms with Gasteiger partial charge in [0.25, 0.3) is 10.0 Å². The lowest BCUT2D eigenvalue weighted by molar-refractivity contribution is -0.139. The third-order valence-electron chi connectivity index (χ3n) is 5.28. The monoisotopic (exact) mass is 649 g/mol. The summed E-state index contributed by atoms with van der Waals surface area (Å²) in [4.78, 5) is 38.3. The summed E-state index contributed by atoms with van der Waals surface area (Å²) in [6, 6.07) is 12.0. The van der Waals surface area contributed by atoms with E-state index in [4.69, 9.17) is 42.5 Å². The molecule has 2 amide bonds. The summed E-state index contributed by atoms with van der Waals surface area (Å²) in [5, 5.41) is 11.4. The second kappa shape index (κ2) is 13.4. The molecule has 5 rings (SSSR count). The number of methoxy groups -OCH3 is 2. The Balaban J connectivity index is 0.000000225. The van der Waals surface area contributed by atoms with E-state index < -0.39 is 28.6 Å². The number of urea groups is 1. The maximum absolute atomic E-state index is 12.6. The number of anilines is 1. The minimum absolute atomic E-state index is 0.116. The van der Waals surface area contributed by atoms with Crippen molar-refractivity contribution in [2.45, 2.75) is 5.03 Å². The maximum atomic E-state index is 12.6. The first-order valence-corrected chi connectivity index (χ1v) is 14.1. The number of carbonyl (C=O) groups excluding carboxylic acids is 1. The van der Waals surface area contributed by atoms with E-state index in [9.17, 15) is 18.0 Å². The Labute approximate surface area is 253 Å². The molecule has 3 N–H and O–H groups in total. The predicted octanol–water partition coefficient (Wildman–Crippen LogP) is 3.66. The smallest absolute Gasteiger partial charge is 0.341 e. The van der Waals surface area contributed by atoms with Crippen molar-refractivity contribution < 1.29 is 37.3 Å². The molecular formula is C25H21Cl2N7O8S. The number of hydrogen-bond acceptors (Lipinski definition) is 11. The van der Waals surface area contributed by atoms with Crippen LogP contribution in [0.4, 0.5) is 10.7 Å². The number of nitrogens with one attached hydrogen (secondary N) is 2. The van der Waals surface area contributed by atoms with Crippen LogP contribution in [0.2, 0.25) is 10.2 Å². The number of aliphatic carboxylic acids is 1. The van der Waals surface area contributed by atoms with Crippen molar-refractivity contribution in [2.75, 3.05) is 26.1 Å². The number of carbonyl (C=O) groups is 2. The van der Waals surface area contributed by atoms with E-state index in [-0.39, 0.29) is 27.9 Å². The summed E-state index contributed by atoms with van der Waals surface area (Å²) >= 11 is 11.9. The fourth-order valence-corrected chi connectivity index (χ4v) is 5.29. The standard InChI is InChI=1S/C14H13ClN6O5S.C11H8ClNO3/c1-25-9-7-10(26-2)18-13(17-9)19-14(22)20-27(23,24)12-11(15)16-8-5-3-4-6-21(8)12;12-8-3-4-9(16-6-10(14)15)11-7(8)2-1-5-13-11/h3-7H,1-2H3,(H2,17,18,19,20,22);1-5H,6H2,(H,14,15). The van der Waals surface area contributed by atoms with Crippen LogP contribution < -0.4 is 24.2 Å². The molecule has 4 aromatic heterocycles. The molecule has 0 unspecified atom stereocenters. The predicted molar refractivity (Wildman–Crippen MR) is 155 cm³/mol. The largest absolute Gasteiger partial charge is 0.481 e. The molecule has 0 bridgehead atoms. The zero-order valence-electron chi connectivity index (χ0n) is 22.2. The number of fused-ring (bicyclic) bond motifs is 2. The first kappa shape index (κ1) is 31.0. The van der Waals surface area contributed by atoms with Gasteiger partial charge in [-0.25, -0.2) is 19.3 Å². The van der Waals surface area contributed by atoms with Gasteiger partial charge in [-0.05, 0) is 36.4 Å². The van der Waals surface area contributed by atoms with E-state index >= 15 is 0 Å². The number of imidazole rings is 1. The zero-order valence-corrected chi connectivity index (χ0v) is 24.5. The summed E-state index contributed by atoms with van der Waals surface area (Å²) < 4.78 is 43.2. The number of sulfonamides is 1. The van der Waals surface area contributed by atoms with E-state index in [0.29, 0.717) is 21.9 Å². The minimum Gasteiger partial charge on any atom is -0.481 e. The molecule has 0 aliphatic carbocycles. The molecule has 0 atom stereocenters. The molecule has 5 aromatic rings. The van der Waals surface area contributed by atoms with Crippen molar-refractivity contribution in [2.24, 2.45) is 0 Å². The van der Waals surface area contributed by atoms with Gasteiger partial charge in [-0.1, -0.05) is 29.3 Å². The van der Waals surface area contributed by atoms with Gasteiger partial charge in [-0.15, -0.1) is 0 Å². The zero-order chi connectivity index (χ0) is 31.1. The number of benzene rings is 1. The number of nitrogens with zero attached hydrogens (tertiary/aromatic N) is 5. The van der Waals surface area contributed by atoms with Crippen LogP contribution >= 0.6 is 23.2 Å². The highest BCUT2D eigenvalue weighted by Crippen LogP contribution is 2.29. The van der Waals surface area contributed by atoms with Gasteiger partial charge in [0.15, 0.2) is 16.8 Å². The molecule has 43 heavy (non-hydrogen) atoms. The Kier molecular flexibility index (Phi) is 9.64. The van der Waals surface area contributed by atoms with E-state index in [1.54, 1.807) is 48.7 Å². The SMILES string of the molecule is COc1cc(OC)nc(NC(=O)NS(=O)(=O)c2c(Cl)nc3ccccn23)n1.O=C(O)COc1ccc(Cl)c2cccnc12. The van der Waals surface area contributed by atoms with Gasteiger partial charge < -0.3 is 19.3 Å². The molecule has 0 saturated heterocycles. The normalized spacial score (nSPS) is 10.9. The second-order valence-corrected chi connectivity index (χ2v) is 10.5. The summed E-state index contributed by atoms with van der Waals surface area (Å²) in [6.45, 7) is -0.396. The average Bonchev–Trinajstić information content (AvgIpc) is 3.33. The van der Waals surface area contributed by atoms with Gasteiger partial charge in [-0.2, -0.15) is 18.4 Å². The number of ether oxygens (including phenoxy) is 3. The van der Waals surface area contributed by atoms with E-state index in [0.717, 1.165) is 5.39 Å². The lowest BCUT2D eigenvalue weighted by atomic mass is 10.2. The summed E-state index contributed by atoms with van der Waals surface area (Å²) in [7, 11) is -1.61. The van der Waals surface area contributed by atoms with Crippen molar-refractivity contribution in [1.29, 1.82) is 0 Å². The fourth-order valence-electron chi connectivity index (χ4n) is 3.52. The Morgan fingerprint density at radius 2 is 1.72 bits per heavy atom. The Morgan fingerprint density at radius 3 is 2.40 bits per heavy atom. The topological polar surface area (TPSA) is 196 Å². The van der Waals surface area contributed by atoms with Crippen LogP contribution in [0.5, 0.6) is 17.5 Å². The highest BCUT2D eigenvalue weighted by molar-refractivity contribution is 7.90. The van der Waals surface area contributed by atoms with Crippen LogP contribution in [0.3, 0.4) is 0 Å². The molecule has 0 saturated carbocycles. The number of carboxylic acids is 1. The maximum Gasteiger partial charge on any atom is 0.341 e. The average molecular weight is 650 g/mol. The Hall–Kier alpha value is -4.93. The van der Waals surface area contributed by atoms with Gasteiger partial charge in [0.05, 0.1) is 25.3 Å². The van der Waals surface area contributed by atoms with Crippen LogP contribution in [-0.4, -0.2) is 70.7 Å². The highest BCUT2D eigenvalue weighted by atomic mass is 35.5. The lowest BCUT2D eigenvalue weighted by Crippen LogP contribution is -2.35. The summed E-state index contributed by atoms with van der Waals surface area (Å²) in [5.41, 5.74) is 0.875. The molecular weight excluding hydrogens is 629 g/mol. The third-order valence-corrected chi connectivity index (χ3v) is 7.34. The summed E-state index contributed by atoms with van der Waals surface area (Å²) in [6.07, 6.45) is 3.06. The molecule has 0 aliphatic rings. The van der Waals surface area contributed by atoms with E-state index in [1.165, 1.54) is 30.9 Å². The lowest BCUT2D eigenvalue weighted by Gasteiger charge is -2.09. The van der Waals surface area contributed by atoms with E-state index in [1.807, 2.05) is 4.72 Å². The molecule has 15 nitrogen and oxygen atoms in total. The number of aromatic nitrogens is 5. The van der Waals surface area contributed by atoms with Gasteiger partial charge >= 0.3 is 12.0 Å². The molecule has 0 spiro atoms. The number of carboxylic acid groups (broad SMARTS) is 1. The van der Waals surface area contributed by atoms with Crippen molar-refractivity contribution in [3.05, 3.63) is 71.1 Å². The van der Waals surface area contributed by atoms with Crippen molar-refractivity contribution in [1.82, 2.24) is 29.1 Å². The van der Waals surface area contributed by atoms with E-state index in [2.05, 4.69) is 25.3 Å². The third kappa shape index (κ3) is 7.48. The summed E-state index contributed by atoms with van der Waals surface area (Å²) in [5.74, 6) is -0.598. The van der Waals surface area contributed by atoms with Gasteiger partial charge in [0.1, 0.15) is 16.9 Å². The molecule has 1 aromatic carbocycles. The molecule has 18 heteroatoms. The van der Waals surface area contributed by atoms with Crippen molar-refractivity contribution in [3.63, 3.8) is 0 Å². The van der Waals surface area contributed by atoms with Crippen LogP contribution in [0.25, 0.3) is 16.6 Å². The second-order valence-electron chi connectivity index (χ2n) is 8.10. The van der Waals surface area contributed by atoms with Crippen LogP contribution in [0, 0.1) is 0 Å². The Bertz CT molecular complexity index is 1900. The molecule has 4 heterocycles. The number of rotatable bonds is 8. The van der Waals surface area contributed by atoms with Gasteiger partial charge in [-0.3, -0.25) is 14.7 Å².